The van der Waals surface area contributed by atoms with Crippen molar-refractivity contribution in [3.8, 4) is 0 Å². The summed E-state index contributed by atoms with van der Waals surface area (Å²) < 4.78 is 0. The van der Waals surface area contributed by atoms with Crippen molar-refractivity contribution in [1.29, 1.82) is 0 Å². The van der Waals surface area contributed by atoms with Crippen LogP contribution in [0.1, 0.15) is 19.8 Å². The van der Waals surface area contributed by atoms with Crippen LogP contribution in [0.25, 0.3) is 0 Å². The van der Waals surface area contributed by atoms with E-state index in [4.69, 9.17) is 23.2 Å². The van der Waals surface area contributed by atoms with Crippen LogP contribution < -0.4 is 16.0 Å². The van der Waals surface area contributed by atoms with Crippen LogP contribution in [0.5, 0.6) is 0 Å². The SMILES string of the molecule is CC1(CNC(=O)Nc2cc(Cl)cc(Cl)c2)CCCNC1. The van der Waals surface area contributed by atoms with Gasteiger partial charge in [0, 0.05) is 28.8 Å². The maximum Gasteiger partial charge on any atom is 0.319 e. The Bertz CT molecular complexity index is 467. The Balaban J connectivity index is 1.86. The van der Waals surface area contributed by atoms with Crippen LogP contribution in [0.4, 0.5) is 10.5 Å². The lowest BCUT2D eigenvalue weighted by Crippen LogP contribution is -2.46. The molecule has 20 heavy (non-hydrogen) atoms. The zero-order valence-electron chi connectivity index (χ0n) is 11.4. The van der Waals surface area contributed by atoms with Crippen molar-refractivity contribution in [3.63, 3.8) is 0 Å². The Labute approximate surface area is 129 Å². The summed E-state index contributed by atoms with van der Waals surface area (Å²) in [5.41, 5.74) is 0.702. The number of benzene rings is 1. The molecule has 6 heteroatoms. The van der Waals surface area contributed by atoms with Gasteiger partial charge >= 0.3 is 6.03 Å². The third-order valence-corrected chi connectivity index (χ3v) is 3.92. The minimum absolute atomic E-state index is 0.113. The first-order valence-electron chi connectivity index (χ1n) is 6.69. The summed E-state index contributed by atoms with van der Waals surface area (Å²) >= 11 is 11.8. The summed E-state index contributed by atoms with van der Waals surface area (Å²) in [5.74, 6) is 0. The highest BCUT2D eigenvalue weighted by molar-refractivity contribution is 6.35. The Hall–Kier alpha value is -0.970. The van der Waals surface area contributed by atoms with Crippen molar-refractivity contribution < 1.29 is 4.79 Å². The van der Waals surface area contributed by atoms with E-state index in [1.165, 1.54) is 0 Å². The van der Waals surface area contributed by atoms with Crippen LogP contribution in [-0.2, 0) is 0 Å². The topological polar surface area (TPSA) is 53.2 Å². The summed E-state index contributed by atoms with van der Waals surface area (Å²) in [5, 5.41) is 10.00. The van der Waals surface area contributed by atoms with Crippen molar-refractivity contribution >= 4 is 34.9 Å². The zero-order valence-corrected chi connectivity index (χ0v) is 12.9. The second-order valence-electron chi connectivity index (χ2n) is 5.56. The number of carbonyl (C=O) groups excluding carboxylic acids is 1. The molecule has 0 bridgehead atoms. The monoisotopic (exact) mass is 315 g/mol. The molecule has 3 N–H and O–H groups in total. The molecule has 1 aliphatic heterocycles. The van der Waals surface area contributed by atoms with E-state index < -0.39 is 0 Å². The first-order chi connectivity index (χ1) is 9.47. The molecule has 0 saturated carbocycles. The van der Waals surface area contributed by atoms with Gasteiger partial charge in [-0.25, -0.2) is 4.79 Å². The molecule has 1 fully saturated rings. The van der Waals surface area contributed by atoms with Gasteiger partial charge in [-0.15, -0.1) is 0 Å². The van der Waals surface area contributed by atoms with Crippen LogP contribution in [0.3, 0.4) is 0 Å². The molecule has 1 unspecified atom stereocenters. The fraction of sp³-hybridized carbons (Fsp3) is 0.500. The molecule has 0 radical (unpaired) electrons. The van der Waals surface area contributed by atoms with Crippen molar-refractivity contribution in [2.45, 2.75) is 19.8 Å². The Kier molecular flexibility index (Phi) is 5.13. The number of piperidine rings is 1. The summed E-state index contributed by atoms with van der Waals surface area (Å²) in [4.78, 5) is 11.9. The predicted molar refractivity (Wildman–Crippen MR) is 83.7 cm³/mol. The Morgan fingerprint density at radius 2 is 2.05 bits per heavy atom. The van der Waals surface area contributed by atoms with Crippen molar-refractivity contribution in [1.82, 2.24) is 10.6 Å². The first kappa shape index (κ1) is 15.4. The third-order valence-electron chi connectivity index (χ3n) is 3.48. The van der Waals surface area contributed by atoms with Gasteiger partial charge in [0.1, 0.15) is 0 Å². The van der Waals surface area contributed by atoms with E-state index >= 15 is 0 Å². The number of halogens is 2. The lowest BCUT2D eigenvalue weighted by molar-refractivity contribution is 0.217. The van der Waals surface area contributed by atoms with Gasteiger partial charge in [0.15, 0.2) is 0 Å². The number of anilines is 1. The Morgan fingerprint density at radius 1 is 1.35 bits per heavy atom. The van der Waals surface area contributed by atoms with Crippen LogP contribution in [0.2, 0.25) is 10.0 Å². The van der Waals surface area contributed by atoms with E-state index in [0.717, 1.165) is 25.9 Å². The first-order valence-corrected chi connectivity index (χ1v) is 7.44. The number of nitrogens with one attached hydrogen (secondary N) is 3. The summed E-state index contributed by atoms with van der Waals surface area (Å²) in [7, 11) is 0. The van der Waals surface area contributed by atoms with Gasteiger partial charge in [-0.1, -0.05) is 30.1 Å². The lowest BCUT2D eigenvalue weighted by atomic mass is 9.83. The lowest BCUT2D eigenvalue weighted by Gasteiger charge is -2.34. The zero-order chi connectivity index (χ0) is 14.6. The van der Waals surface area contributed by atoms with Crippen molar-refractivity contribution in [2.24, 2.45) is 5.41 Å². The number of hydrogen-bond donors (Lipinski definition) is 3. The number of urea groups is 1. The van der Waals surface area contributed by atoms with Crippen LogP contribution in [0.15, 0.2) is 18.2 Å². The molecular weight excluding hydrogens is 297 g/mol. The molecule has 1 heterocycles. The van der Waals surface area contributed by atoms with E-state index in [-0.39, 0.29) is 11.4 Å². The molecule has 4 nitrogen and oxygen atoms in total. The van der Waals surface area contributed by atoms with E-state index in [0.29, 0.717) is 22.3 Å². The molecule has 2 rings (SSSR count). The smallest absolute Gasteiger partial charge is 0.319 e. The average molecular weight is 316 g/mol. The van der Waals surface area contributed by atoms with Gasteiger partial charge in [-0.05, 0) is 43.0 Å². The third kappa shape index (κ3) is 4.54. The van der Waals surface area contributed by atoms with Crippen molar-refractivity contribution in [3.05, 3.63) is 28.2 Å². The average Bonchev–Trinajstić information content (AvgIpc) is 2.36. The van der Waals surface area contributed by atoms with Gasteiger partial charge < -0.3 is 16.0 Å². The molecule has 1 aromatic rings. The maximum absolute atomic E-state index is 11.9. The molecule has 0 spiro atoms. The van der Waals surface area contributed by atoms with Gasteiger partial charge in [0.05, 0.1) is 0 Å². The minimum atomic E-state index is -0.241. The normalized spacial score (nSPS) is 22.4. The summed E-state index contributed by atoms with van der Waals surface area (Å²) in [6.07, 6.45) is 2.26. The molecule has 2 amide bonds. The molecule has 1 saturated heterocycles. The van der Waals surface area contributed by atoms with Crippen LogP contribution >= 0.6 is 23.2 Å². The quantitative estimate of drug-likeness (QED) is 0.799. The molecule has 110 valence electrons. The van der Waals surface area contributed by atoms with E-state index in [1.54, 1.807) is 18.2 Å². The van der Waals surface area contributed by atoms with Crippen molar-refractivity contribution in [2.75, 3.05) is 25.0 Å². The second-order valence-corrected chi connectivity index (χ2v) is 6.43. The highest BCUT2D eigenvalue weighted by Crippen LogP contribution is 2.25. The van der Waals surface area contributed by atoms with E-state index in [9.17, 15) is 4.79 Å². The summed E-state index contributed by atoms with van der Waals surface area (Å²) in [6.45, 7) is 4.80. The number of carbonyl (C=O) groups is 1. The van der Waals surface area contributed by atoms with E-state index in [1.807, 2.05) is 0 Å². The van der Waals surface area contributed by atoms with Gasteiger partial charge in [0.2, 0.25) is 0 Å². The number of amides is 2. The van der Waals surface area contributed by atoms with E-state index in [2.05, 4.69) is 22.9 Å². The van der Waals surface area contributed by atoms with Gasteiger partial charge in [-0.3, -0.25) is 0 Å². The fourth-order valence-electron chi connectivity index (χ4n) is 2.36. The fourth-order valence-corrected chi connectivity index (χ4v) is 2.89. The summed E-state index contributed by atoms with van der Waals surface area (Å²) in [6, 6.07) is 4.71. The molecule has 0 aromatic heterocycles. The second kappa shape index (κ2) is 6.66. The Morgan fingerprint density at radius 3 is 2.65 bits per heavy atom. The van der Waals surface area contributed by atoms with Crippen LogP contribution in [-0.4, -0.2) is 25.7 Å². The molecule has 1 aromatic carbocycles. The molecular formula is C14H19Cl2N3O. The number of hydrogen-bond acceptors (Lipinski definition) is 2. The maximum atomic E-state index is 11.9. The predicted octanol–water partition coefficient (Wildman–Crippen LogP) is 3.50. The number of rotatable bonds is 3. The standard InChI is InChI=1S/C14H19Cl2N3O/c1-14(3-2-4-17-8-14)9-18-13(20)19-12-6-10(15)5-11(16)7-12/h5-7,17H,2-4,8-9H2,1H3,(H2,18,19,20). The minimum Gasteiger partial charge on any atom is -0.337 e. The van der Waals surface area contributed by atoms with Crippen LogP contribution in [0, 0.1) is 5.41 Å². The largest absolute Gasteiger partial charge is 0.337 e. The molecule has 0 aliphatic carbocycles. The molecule has 1 aliphatic rings. The highest BCUT2D eigenvalue weighted by atomic mass is 35.5. The van der Waals surface area contributed by atoms with Gasteiger partial charge in [-0.2, -0.15) is 0 Å². The van der Waals surface area contributed by atoms with Gasteiger partial charge in [0.25, 0.3) is 0 Å². The highest BCUT2D eigenvalue weighted by Gasteiger charge is 2.26. The molecule has 1 atom stereocenters.